The molecule has 8 heteroatoms. The third kappa shape index (κ3) is 3.09. The van der Waals surface area contributed by atoms with Crippen LogP contribution in [0, 0.1) is 0 Å². The van der Waals surface area contributed by atoms with Gasteiger partial charge in [-0.3, -0.25) is 14.5 Å². The molecule has 162 valence electrons. The lowest BCUT2D eigenvalue weighted by Gasteiger charge is -2.33. The zero-order valence-corrected chi connectivity index (χ0v) is 19.4. The van der Waals surface area contributed by atoms with E-state index in [-0.39, 0.29) is 24.1 Å². The minimum Gasteiger partial charge on any atom is -0.497 e. The summed E-state index contributed by atoms with van der Waals surface area (Å²) in [7, 11) is 1.59. The largest absolute Gasteiger partial charge is 0.497 e. The fourth-order valence-electron chi connectivity index (χ4n) is 4.29. The fraction of sp³-hybridized carbons (Fsp3) is 0.167. The van der Waals surface area contributed by atoms with E-state index in [0.717, 1.165) is 11.3 Å². The highest BCUT2D eigenvalue weighted by molar-refractivity contribution is 8.02. The molecule has 1 fully saturated rings. The van der Waals surface area contributed by atoms with Crippen molar-refractivity contribution in [1.29, 1.82) is 0 Å². The van der Waals surface area contributed by atoms with Gasteiger partial charge in [-0.25, -0.2) is 0 Å². The molecule has 5 rings (SSSR count). The average molecular weight is 485 g/mol. The number of amides is 2. The number of halogens is 2. The number of carbonyl (C=O) groups is 2. The van der Waals surface area contributed by atoms with E-state index in [0.29, 0.717) is 27.0 Å². The number of carbonyl (C=O) groups excluding carboxylic acids is 2. The lowest BCUT2D eigenvalue weighted by molar-refractivity contribution is -0.123. The smallest absolute Gasteiger partial charge is 0.269 e. The van der Waals surface area contributed by atoms with Gasteiger partial charge in [0.05, 0.1) is 25.1 Å². The number of methoxy groups -OCH3 is 1. The first kappa shape index (κ1) is 21.2. The van der Waals surface area contributed by atoms with Crippen LogP contribution in [0.1, 0.15) is 11.1 Å². The molecule has 32 heavy (non-hydrogen) atoms. The minimum absolute atomic E-state index is 0.124. The van der Waals surface area contributed by atoms with Crippen LogP contribution in [-0.2, 0) is 21.0 Å². The zero-order valence-electron chi connectivity index (χ0n) is 17.0. The zero-order chi connectivity index (χ0) is 22.5. The molecule has 2 amide bonds. The average Bonchev–Trinajstić information content (AvgIpc) is 3.27. The first-order chi connectivity index (χ1) is 15.5. The van der Waals surface area contributed by atoms with Gasteiger partial charge in [0.2, 0.25) is 10.8 Å². The van der Waals surface area contributed by atoms with E-state index in [9.17, 15) is 9.59 Å². The Balaban J connectivity index is 1.64. The number of anilines is 2. The number of fused-ring (bicyclic) bond motifs is 2. The van der Waals surface area contributed by atoms with Crippen molar-refractivity contribution in [3.8, 4) is 5.75 Å². The number of hydrogen-bond donors (Lipinski definition) is 0. The van der Waals surface area contributed by atoms with E-state index in [1.54, 1.807) is 59.4 Å². The Kier molecular flexibility index (Phi) is 5.32. The van der Waals surface area contributed by atoms with Crippen LogP contribution >= 0.6 is 35.0 Å². The Morgan fingerprint density at radius 2 is 1.66 bits per heavy atom. The normalized spacial score (nSPS) is 19.7. The Bertz CT molecular complexity index is 1210. The molecule has 5 nitrogen and oxygen atoms in total. The van der Waals surface area contributed by atoms with Crippen molar-refractivity contribution in [2.45, 2.75) is 11.4 Å². The van der Waals surface area contributed by atoms with E-state index in [4.69, 9.17) is 27.9 Å². The van der Waals surface area contributed by atoms with Crippen LogP contribution in [0.4, 0.5) is 11.4 Å². The molecule has 0 unspecified atom stereocenters. The molecule has 1 spiro atoms. The van der Waals surface area contributed by atoms with E-state index in [1.807, 2.05) is 24.3 Å². The molecule has 0 aliphatic carbocycles. The maximum Gasteiger partial charge on any atom is 0.269 e. The maximum atomic E-state index is 14.1. The Hall–Kier alpha value is -2.67. The number of thioether (sulfide) groups is 1. The maximum absolute atomic E-state index is 14.1. The molecule has 0 N–H and O–H groups in total. The molecule has 3 aromatic rings. The van der Waals surface area contributed by atoms with E-state index in [2.05, 4.69) is 0 Å². The minimum atomic E-state index is -1.18. The van der Waals surface area contributed by atoms with Crippen molar-refractivity contribution in [2.24, 2.45) is 0 Å². The highest BCUT2D eigenvalue weighted by atomic mass is 35.5. The third-order valence-corrected chi connectivity index (χ3v) is 7.87. The number of ether oxygens (including phenoxy) is 1. The van der Waals surface area contributed by atoms with Gasteiger partial charge >= 0.3 is 0 Å². The van der Waals surface area contributed by atoms with E-state index in [1.165, 1.54) is 11.8 Å². The van der Waals surface area contributed by atoms with Crippen molar-refractivity contribution in [3.05, 3.63) is 87.9 Å². The highest BCUT2D eigenvalue weighted by Crippen LogP contribution is 2.56. The molecule has 0 saturated carbocycles. The van der Waals surface area contributed by atoms with Crippen molar-refractivity contribution in [1.82, 2.24) is 0 Å². The summed E-state index contributed by atoms with van der Waals surface area (Å²) in [6.07, 6.45) is 0. The quantitative estimate of drug-likeness (QED) is 0.491. The molecular formula is C24H18Cl2N2O3S. The number of nitrogens with zero attached hydrogens (tertiary/aromatic N) is 2. The molecule has 1 atom stereocenters. The van der Waals surface area contributed by atoms with Crippen molar-refractivity contribution >= 4 is 58.2 Å². The molecule has 2 aliphatic heterocycles. The van der Waals surface area contributed by atoms with Crippen LogP contribution in [0.15, 0.2) is 66.7 Å². The lowest BCUT2D eigenvalue weighted by Crippen LogP contribution is -2.49. The Labute approximate surface area is 199 Å². The summed E-state index contributed by atoms with van der Waals surface area (Å²) in [6.45, 7) is 0.210. The number of benzene rings is 3. The molecule has 0 radical (unpaired) electrons. The lowest BCUT2D eigenvalue weighted by atomic mass is 10.0. The fourth-order valence-corrected chi connectivity index (χ4v) is 6.16. The number of para-hydroxylation sites is 1. The third-order valence-electron chi connectivity index (χ3n) is 5.77. The summed E-state index contributed by atoms with van der Waals surface area (Å²) in [5.41, 5.74) is 2.83. The van der Waals surface area contributed by atoms with Gasteiger partial charge in [-0.2, -0.15) is 0 Å². The second-order valence-electron chi connectivity index (χ2n) is 7.47. The van der Waals surface area contributed by atoms with Gasteiger partial charge in [0, 0.05) is 26.9 Å². The topological polar surface area (TPSA) is 49.9 Å². The van der Waals surface area contributed by atoms with Gasteiger partial charge in [0.25, 0.3) is 5.91 Å². The molecule has 2 aliphatic rings. The van der Waals surface area contributed by atoms with Crippen molar-refractivity contribution in [3.63, 3.8) is 0 Å². The highest BCUT2D eigenvalue weighted by Gasteiger charge is 2.61. The molecule has 2 heterocycles. The van der Waals surface area contributed by atoms with Gasteiger partial charge < -0.3 is 9.64 Å². The Morgan fingerprint density at radius 1 is 0.969 bits per heavy atom. The van der Waals surface area contributed by atoms with Gasteiger partial charge in [-0.15, -0.1) is 11.8 Å². The SMILES string of the molecule is COc1ccc(N2C(=O)CS[C@@]23C(=O)N(Cc2c(Cl)cccc2Cl)c2ccccc23)cc1. The number of hydrogen-bond acceptors (Lipinski definition) is 4. The van der Waals surface area contributed by atoms with Crippen molar-refractivity contribution < 1.29 is 14.3 Å². The van der Waals surface area contributed by atoms with Gasteiger partial charge in [-0.05, 0) is 42.5 Å². The summed E-state index contributed by atoms with van der Waals surface area (Å²) >= 11 is 14.1. The van der Waals surface area contributed by atoms with Crippen molar-refractivity contribution in [2.75, 3.05) is 22.7 Å². The van der Waals surface area contributed by atoms with E-state index >= 15 is 0 Å². The van der Waals surface area contributed by atoms with Crippen LogP contribution in [0.25, 0.3) is 0 Å². The summed E-state index contributed by atoms with van der Waals surface area (Å²) < 4.78 is 5.25. The van der Waals surface area contributed by atoms with Gasteiger partial charge in [0.1, 0.15) is 5.75 Å². The van der Waals surface area contributed by atoms with Crippen LogP contribution < -0.4 is 14.5 Å². The molecular weight excluding hydrogens is 467 g/mol. The number of rotatable bonds is 4. The van der Waals surface area contributed by atoms with Crippen LogP contribution in [0.2, 0.25) is 10.0 Å². The molecule has 0 bridgehead atoms. The second kappa shape index (κ2) is 8.03. The van der Waals surface area contributed by atoms with Crippen LogP contribution in [0.3, 0.4) is 0 Å². The van der Waals surface area contributed by atoms with E-state index < -0.39 is 4.87 Å². The van der Waals surface area contributed by atoms with Crippen LogP contribution in [-0.4, -0.2) is 24.7 Å². The predicted octanol–water partition coefficient (Wildman–Crippen LogP) is 5.48. The molecule has 0 aromatic heterocycles. The molecule has 3 aromatic carbocycles. The monoisotopic (exact) mass is 484 g/mol. The first-order valence-electron chi connectivity index (χ1n) is 9.93. The van der Waals surface area contributed by atoms with Gasteiger partial charge in [-0.1, -0.05) is 47.5 Å². The summed E-state index contributed by atoms with van der Waals surface area (Å²) in [5, 5.41) is 0.983. The second-order valence-corrected chi connectivity index (χ2v) is 9.45. The molecule has 1 saturated heterocycles. The van der Waals surface area contributed by atoms with Gasteiger partial charge in [0.15, 0.2) is 0 Å². The summed E-state index contributed by atoms with van der Waals surface area (Å²) in [5.74, 6) is 0.560. The predicted molar refractivity (Wildman–Crippen MR) is 129 cm³/mol. The first-order valence-corrected chi connectivity index (χ1v) is 11.7. The Morgan fingerprint density at radius 3 is 2.34 bits per heavy atom. The summed E-state index contributed by atoms with van der Waals surface area (Å²) in [4.78, 5) is 29.2. The standard InChI is InChI=1S/C24H18Cl2N2O3S/c1-31-16-11-9-15(10-12-16)28-22(29)14-32-24(28)18-5-2-3-8-21(18)27(23(24)30)13-17-19(25)6-4-7-20(17)26/h2-12H,13-14H2,1H3/t24-/m0/s1. The van der Waals surface area contributed by atoms with Crippen LogP contribution in [0.5, 0.6) is 5.75 Å². The summed E-state index contributed by atoms with van der Waals surface area (Å²) in [6, 6.07) is 20.0.